The van der Waals surface area contributed by atoms with Gasteiger partial charge in [-0.15, -0.1) is 0 Å². The molecule has 25 heavy (non-hydrogen) atoms. The minimum Gasteiger partial charge on any atom is -0.379 e. The summed E-state index contributed by atoms with van der Waals surface area (Å²) >= 11 is 9.03. The zero-order chi connectivity index (χ0) is 17.5. The van der Waals surface area contributed by atoms with Crippen molar-refractivity contribution in [3.05, 3.63) is 64.6 Å². The number of anilines is 1. The van der Waals surface area contributed by atoms with Crippen LogP contribution in [0, 0.1) is 0 Å². The van der Waals surface area contributed by atoms with Crippen molar-refractivity contribution in [2.45, 2.75) is 6.04 Å². The van der Waals surface area contributed by atoms with Gasteiger partial charge in [0.25, 0.3) is 0 Å². The highest BCUT2D eigenvalue weighted by atomic mass is 79.9. The Morgan fingerprint density at radius 1 is 1.12 bits per heavy atom. The van der Waals surface area contributed by atoms with Crippen LogP contribution in [0.2, 0.25) is 0 Å². The number of ether oxygens (including phenoxy) is 1. The molecule has 3 rings (SSSR count). The Balaban J connectivity index is 1.67. The van der Waals surface area contributed by atoms with Crippen molar-refractivity contribution < 1.29 is 4.74 Å². The van der Waals surface area contributed by atoms with Crippen LogP contribution in [0.1, 0.15) is 11.6 Å². The lowest BCUT2D eigenvalue weighted by atomic mass is 10.1. The summed E-state index contributed by atoms with van der Waals surface area (Å²) < 4.78 is 6.48. The van der Waals surface area contributed by atoms with Crippen LogP contribution in [-0.4, -0.2) is 42.9 Å². The van der Waals surface area contributed by atoms with Crippen LogP contribution in [-0.2, 0) is 4.74 Å². The van der Waals surface area contributed by atoms with Gasteiger partial charge in [-0.25, -0.2) is 0 Å². The molecule has 0 saturated carbocycles. The van der Waals surface area contributed by atoms with Gasteiger partial charge in [0.05, 0.1) is 19.3 Å². The van der Waals surface area contributed by atoms with Crippen molar-refractivity contribution in [3.8, 4) is 0 Å². The number of nitrogens with zero attached hydrogens (tertiary/aromatic N) is 1. The fourth-order valence-electron chi connectivity index (χ4n) is 2.85. The monoisotopic (exact) mass is 419 g/mol. The molecule has 1 saturated heterocycles. The standard InChI is InChI=1S/C19H22BrN3OS/c20-16-7-4-8-17(13-16)21-19(25)22-18(15-5-2-1-3-6-15)14-23-9-11-24-12-10-23/h1-8,13,18H,9-12,14H2,(H2,21,22,25)/t18-/m1/s1. The molecule has 0 radical (unpaired) electrons. The number of benzene rings is 2. The van der Waals surface area contributed by atoms with Gasteiger partial charge < -0.3 is 15.4 Å². The summed E-state index contributed by atoms with van der Waals surface area (Å²) in [6, 6.07) is 18.6. The summed E-state index contributed by atoms with van der Waals surface area (Å²) in [5.41, 5.74) is 2.19. The average molecular weight is 420 g/mol. The minimum atomic E-state index is 0.131. The van der Waals surface area contributed by atoms with Gasteiger partial charge in [-0.3, -0.25) is 4.90 Å². The Bertz CT molecular complexity index is 692. The third-order valence-corrected chi connectivity index (χ3v) is 4.85. The molecule has 132 valence electrons. The van der Waals surface area contributed by atoms with E-state index in [4.69, 9.17) is 17.0 Å². The molecule has 1 heterocycles. The Morgan fingerprint density at radius 2 is 1.88 bits per heavy atom. The van der Waals surface area contributed by atoms with E-state index in [-0.39, 0.29) is 6.04 Å². The van der Waals surface area contributed by atoms with Gasteiger partial charge in [0.1, 0.15) is 0 Å². The number of morpholine rings is 1. The summed E-state index contributed by atoms with van der Waals surface area (Å²) in [5, 5.41) is 7.36. The fraction of sp³-hybridized carbons (Fsp3) is 0.316. The Kier molecular flexibility index (Phi) is 6.81. The summed E-state index contributed by atoms with van der Waals surface area (Å²) in [7, 11) is 0. The molecule has 1 fully saturated rings. The predicted molar refractivity (Wildman–Crippen MR) is 110 cm³/mol. The van der Waals surface area contributed by atoms with E-state index >= 15 is 0 Å². The second-order valence-corrected chi connectivity index (χ2v) is 7.31. The fourth-order valence-corrected chi connectivity index (χ4v) is 3.51. The van der Waals surface area contributed by atoms with E-state index in [2.05, 4.69) is 55.7 Å². The highest BCUT2D eigenvalue weighted by molar-refractivity contribution is 9.10. The normalized spacial score (nSPS) is 16.2. The molecule has 4 nitrogen and oxygen atoms in total. The lowest BCUT2D eigenvalue weighted by Crippen LogP contribution is -2.44. The number of hydrogen-bond acceptors (Lipinski definition) is 3. The van der Waals surface area contributed by atoms with Gasteiger partial charge in [0, 0.05) is 29.8 Å². The Morgan fingerprint density at radius 3 is 2.60 bits per heavy atom. The molecule has 1 atom stereocenters. The average Bonchev–Trinajstić information content (AvgIpc) is 2.63. The first-order valence-electron chi connectivity index (χ1n) is 8.39. The smallest absolute Gasteiger partial charge is 0.171 e. The second-order valence-electron chi connectivity index (χ2n) is 5.99. The molecule has 6 heteroatoms. The van der Waals surface area contributed by atoms with Gasteiger partial charge in [0.15, 0.2) is 5.11 Å². The third-order valence-electron chi connectivity index (χ3n) is 4.13. The molecule has 2 aromatic rings. The van der Waals surface area contributed by atoms with Gasteiger partial charge in [-0.1, -0.05) is 52.3 Å². The van der Waals surface area contributed by atoms with Crippen LogP contribution in [0.25, 0.3) is 0 Å². The topological polar surface area (TPSA) is 36.5 Å². The molecule has 2 N–H and O–H groups in total. The van der Waals surface area contributed by atoms with Gasteiger partial charge in [-0.05, 0) is 36.0 Å². The number of rotatable bonds is 5. The molecule has 0 bridgehead atoms. The third kappa shape index (κ3) is 5.78. The number of nitrogens with one attached hydrogen (secondary N) is 2. The molecular formula is C19H22BrN3OS. The first-order chi connectivity index (χ1) is 12.2. The highest BCUT2D eigenvalue weighted by Gasteiger charge is 2.19. The van der Waals surface area contributed by atoms with E-state index in [1.807, 2.05) is 30.3 Å². The Hall–Kier alpha value is -1.47. The maximum absolute atomic E-state index is 5.54. The van der Waals surface area contributed by atoms with Crippen molar-refractivity contribution in [3.63, 3.8) is 0 Å². The SMILES string of the molecule is S=C(Nc1cccc(Br)c1)N[C@H](CN1CCOCC1)c1ccccc1. The van der Waals surface area contributed by atoms with Gasteiger partial charge >= 0.3 is 0 Å². The molecule has 0 aromatic heterocycles. The summed E-state index contributed by atoms with van der Waals surface area (Å²) in [6.45, 7) is 4.39. The van der Waals surface area contributed by atoms with Crippen LogP contribution in [0.3, 0.4) is 0 Å². The minimum absolute atomic E-state index is 0.131. The molecule has 1 aliphatic heterocycles. The lowest BCUT2D eigenvalue weighted by molar-refractivity contribution is 0.0344. The van der Waals surface area contributed by atoms with Crippen molar-refractivity contribution in [1.29, 1.82) is 0 Å². The van der Waals surface area contributed by atoms with Crippen LogP contribution in [0.15, 0.2) is 59.1 Å². The zero-order valence-corrected chi connectivity index (χ0v) is 16.4. The van der Waals surface area contributed by atoms with Crippen LogP contribution in [0.4, 0.5) is 5.69 Å². The van der Waals surface area contributed by atoms with Crippen molar-refractivity contribution in [2.24, 2.45) is 0 Å². The van der Waals surface area contributed by atoms with Crippen molar-refractivity contribution >= 4 is 38.9 Å². The maximum Gasteiger partial charge on any atom is 0.171 e. The molecule has 0 aliphatic carbocycles. The Labute approximate surface area is 162 Å². The van der Waals surface area contributed by atoms with E-state index in [1.165, 1.54) is 5.56 Å². The zero-order valence-electron chi connectivity index (χ0n) is 14.0. The van der Waals surface area contributed by atoms with Crippen LogP contribution < -0.4 is 10.6 Å². The molecule has 0 unspecified atom stereocenters. The maximum atomic E-state index is 5.54. The first kappa shape index (κ1) is 18.3. The summed E-state index contributed by atoms with van der Waals surface area (Å²) in [5.74, 6) is 0. The van der Waals surface area contributed by atoms with E-state index in [0.29, 0.717) is 5.11 Å². The van der Waals surface area contributed by atoms with E-state index < -0.39 is 0 Å². The van der Waals surface area contributed by atoms with Crippen LogP contribution in [0.5, 0.6) is 0 Å². The van der Waals surface area contributed by atoms with Gasteiger partial charge in [0.2, 0.25) is 0 Å². The number of thiocarbonyl (C=S) groups is 1. The van der Waals surface area contributed by atoms with Gasteiger partial charge in [-0.2, -0.15) is 0 Å². The molecule has 1 aliphatic rings. The molecule has 0 amide bonds. The first-order valence-corrected chi connectivity index (χ1v) is 9.59. The quantitative estimate of drug-likeness (QED) is 0.720. The van der Waals surface area contributed by atoms with E-state index in [9.17, 15) is 0 Å². The lowest BCUT2D eigenvalue weighted by Gasteiger charge is -2.31. The van der Waals surface area contributed by atoms with E-state index in [0.717, 1.165) is 43.0 Å². The number of hydrogen-bond donors (Lipinski definition) is 2. The molecular weight excluding hydrogens is 398 g/mol. The second kappa shape index (κ2) is 9.29. The van der Waals surface area contributed by atoms with Crippen LogP contribution >= 0.6 is 28.1 Å². The summed E-state index contributed by atoms with van der Waals surface area (Å²) in [4.78, 5) is 2.41. The van der Waals surface area contributed by atoms with E-state index in [1.54, 1.807) is 0 Å². The largest absolute Gasteiger partial charge is 0.379 e. The highest BCUT2D eigenvalue weighted by Crippen LogP contribution is 2.18. The van der Waals surface area contributed by atoms with Crippen molar-refractivity contribution in [1.82, 2.24) is 10.2 Å². The van der Waals surface area contributed by atoms with Crippen molar-refractivity contribution in [2.75, 3.05) is 38.2 Å². The molecule has 0 spiro atoms. The summed E-state index contributed by atoms with van der Waals surface area (Å²) in [6.07, 6.45) is 0. The number of halogens is 1. The predicted octanol–water partition coefficient (Wildman–Crippen LogP) is 3.81. The molecule has 2 aromatic carbocycles.